The van der Waals surface area contributed by atoms with E-state index in [1.54, 1.807) is 4.90 Å². The minimum Gasteiger partial charge on any atom is -0.342 e. The Kier molecular flexibility index (Phi) is 3.74. The third kappa shape index (κ3) is 2.51. The average molecular weight is 232 g/mol. The van der Waals surface area contributed by atoms with E-state index in [9.17, 15) is 13.6 Å². The van der Waals surface area contributed by atoms with Crippen LogP contribution in [0.25, 0.3) is 0 Å². The molecule has 2 saturated heterocycles. The number of likely N-dealkylation sites (tertiary alicyclic amines) is 1. The predicted molar refractivity (Wildman–Crippen MR) is 56.3 cm³/mol. The van der Waals surface area contributed by atoms with Crippen molar-refractivity contribution in [1.82, 2.24) is 10.2 Å². The first-order chi connectivity index (χ1) is 7.68. The number of halogens is 2. The molecule has 0 aliphatic carbocycles. The van der Waals surface area contributed by atoms with Crippen molar-refractivity contribution in [3.63, 3.8) is 0 Å². The van der Waals surface area contributed by atoms with Gasteiger partial charge in [-0.3, -0.25) is 4.79 Å². The number of alkyl halides is 2. The Hall–Kier alpha value is -0.710. The Morgan fingerprint density at radius 2 is 1.94 bits per heavy atom. The van der Waals surface area contributed by atoms with E-state index in [-0.39, 0.29) is 11.8 Å². The van der Waals surface area contributed by atoms with Crippen LogP contribution in [0.5, 0.6) is 0 Å². The average Bonchev–Trinajstić information content (AvgIpc) is 2.81. The Morgan fingerprint density at radius 3 is 2.44 bits per heavy atom. The molecule has 0 saturated carbocycles. The van der Waals surface area contributed by atoms with Gasteiger partial charge in [0.1, 0.15) is 0 Å². The smallest absolute Gasteiger partial charge is 0.241 e. The number of hydrogen-bond donors (Lipinski definition) is 1. The normalized spacial score (nSPS) is 27.7. The molecule has 0 aromatic rings. The van der Waals surface area contributed by atoms with Crippen LogP contribution in [0, 0.1) is 11.8 Å². The largest absolute Gasteiger partial charge is 0.342 e. The van der Waals surface area contributed by atoms with Crippen LogP contribution >= 0.6 is 0 Å². The molecule has 2 aliphatic rings. The van der Waals surface area contributed by atoms with Crippen LogP contribution in [0.2, 0.25) is 0 Å². The molecular formula is C11H18F2N2O. The van der Waals surface area contributed by atoms with Crippen molar-refractivity contribution in [1.29, 1.82) is 0 Å². The van der Waals surface area contributed by atoms with Gasteiger partial charge >= 0.3 is 0 Å². The number of amides is 1. The van der Waals surface area contributed by atoms with Crippen LogP contribution in [-0.4, -0.2) is 43.4 Å². The van der Waals surface area contributed by atoms with Gasteiger partial charge in [-0.05, 0) is 25.8 Å². The summed E-state index contributed by atoms with van der Waals surface area (Å²) in [6.45, 7) is 2.65. The van der Waals surface area contributed by atoms with Gasteiger partial charge < -0.3 is 10.2 Å². The van der Waals surface area contributed by atoms with E-state index in [1.165, 1.54) is 0 Å². The summed E-state index contributed by atoms with van der Waals surface area (Å²) in [5.74, 6) is -0.286. The molecule has 1 N–H and O–H groups in total. The number of nitrogens with one attached hydrogen (secondary N) is 1. The van der Waals surface area contributed by atoms with Crippen LogP contribution in [-0.2, 0) is 4.79 Å². The second kappa shape index (κ2) is 5.08. The highest BCUT2D eigenvalue weighted by Gasteiger charge is 2.32. The lowest BCUT2D eigenvalue weighted by Crippen LogP contribution is -2.43. The third-order valence-electron chi connectivity index (χ3n) is 3.62. The molecule has 5 heteroatoms. The third-order valence-corrected chi connectivity index (χ3v) is 3.62. The fraction of sp³-hybridized carbons (Fsp3) is 0.909. The van der Waals surface area contributed by atoms with Crippen molar-refractivity contribution >= 4 is 5.91 Å². The summed E-state index contributed by atoms with van der Waals surface area (Å²) < 4.78 is 24.9. The predicted octanol–water partition coefficient (Wildman–Crippen LogP) is 1.10. The molecular weight excluding hydrogens is 214 g/mol. The molecule has 3 nitrogen and oxygen atoms in total. The maximum Gasteiger partial charge on any atom is 0.241 e. The Bertz CT molecular complexity index is 246. The highest BCUT2D eigenvalue weighted by molar-refractivity contribution is 5.79. The van der Waals surface area contributed by atoms with Gasteiger partial charge in [0, 0.05) is 25.6 Å². The number of piperidine rings is 1. The lowest BCUT2D eigenvalue weighted by atomic mass is 9.96. The summed E-state index contributed by atoms with van der Waals surface area (Å²) in [6.07, 6.45) is -0.453. The van der Waals surface area contributed by atoms with Gasteiger partial charge in [-0.1, -0.05) is 0 Å². The van der Waals surface area contributed by atoms with E-state index in [1.807, 2.05) is 0 Å². The molecule has 92 valence electrons. The van der Waals surface area contributed by atoms with Crippen molar-refractivity contribution in [2.24, 2.45) is 11.8 Å². The summed E-state index contributed by atoms with van der Waals surface area (Å²) in [4.78, 5) is 13.7. The standard InChI is InChI=1S/C11H18F2N2O/c12-10(13)8-2-5-15(6-3-8)11(16)9-1-4-14-7-9/h8-10,14H,1-7H2/t9-/m1/s1. The molecule has 2 aliphatic heterocycles. The zero-order valence-corrected chi connectivity index (χ0v) is 9.29. The van der Waals surface area contributed by atoms with E-state index in [4.69, 9.17) is 0 Å². The molecule has 2 fully saturated rings. The summed E-state index contributed by atoms with van der Waals surface area (Å²) in [5, 5.41) is 3.15. The fourth-order valence-corrected chi connectivity index (χ4v) is 2.50. The second-order valence-corrected chi connectivity index (χ2v) is 4.69. The number of hydrogen-bond acceptors (Lipinski definition) is 2. The number of carbonyl (C=O) groups is 1. The van der Waals surface area contributed by atoms with Gasteiger partial charge in [0.25, 0.3) is 0 Å². The molecule has 0 bridgehead atoms. The molecule has 1 amide bonds. The summed E-state index contributed by atoms with van der Waals surface area (Å²) in [6, 6.07) is 0. The second-order valence-electron chi connectivity index (χ2n) is 4.69. The molecule has 0 aromatic carbocycles. The lowest BCUT2D eigenvalue weighted by molar-refractivity contribution is -0.137. The van der Waals surface area contributed by atoms with Gasteiger partial charge in [-0.15, -0.1) is 0 Å². The fourth-order valence-electron chi connectivity index (χ4n) is 2.50. The molecule has 0 aromatic heterocycles. The Labute approximate surface area is 94.2 Å². The van der Waals surface area contributed by atoms with Crippen LogP contribution in [0.4, 0.5) is 8.78 Å². The highest BCUT2D eigenvalue weighted by atomic mass is 19.3. The van der Waals surface area contributed by atoms with E-state index in [0.29, 0.717) is 25.9 Å². The van der Waals surface area contributed by atoms with Crippen molar-refractivity contribution in [3.8, 4) is 0 Å². The molecule has 1 atom stereocenters. The quantitative estimate of drug-likeness (QED) is 0.773. The van der Waals surface area contributed by atoms with Crippen LogP contribution in [0.15, 0.2) is 0 Å². The Morgan fingerprint density at radius 1 is 1.25 bits per heavy atom. The number of carbonyl (C=O) groups excluding carboxylic acids is 1. The van der Waals surface area contributed by atoms with Crippen molar-refractivity contribution in [3.05, 3.63) is 0 Å². The maximum absolute atomic E-state index is 12.4. The van der Waals surface area contributed by atoms with Gasteiger partial charge in [0.15, 0.2) is 0 Å². The molecule has 2 rings (SSSR count). The molecule has 0 unspecified atom stereocenters. The molecule has 2 heterocycles. The van der Waals surface area contributed by atoms with Crippen LogP contribution < -0.4 is 5.32 Å². The lowest BCUT2D eigenvalue weighted by Gasteiger charge is -2.33. The number of rotatable bonds is 2. The van der Waals surface area contributed by atoms with Crippen molar-refractivity contribution < 1.29 is 13.6 Å². The zero-order valence-electron chi connectivity index (χ0n) is 9.29. The SMILES string of the molecule is O=C([C@@H]1CCNC1)N1CCC(C(F)F)CC1. The van der Waals surface area contributed by atoms with E-state index in [0.717, 1.165) is 19.5 Å². The monoisotopic (exact) mass is 232 g/mol. The summed E-state index contributed by atoms with van der Waals surface area (Å²) in [5.41, 5.74) is 0. The maximum atomic E-state index is 12.4. The van der Waals surface area contributed by atoms with Gasteiger partial charge in [0.05, 0.1) is 5.92 Å². The number of nitrogens with zero attached hydrogens (tertiary/aromatic N) is 1. The van der Waals surface area contributed by atoms with Gasteiger partial charge in [-0.25, -0.2) is 8.78 Å². The van der Waals surface area contributed by atoms with Gasteiger partial charge in [-0.2, -0.15) is 0 Å². The molecule has 16 heavy (non-hydrogen) atoms. The minimum atomic E-state index is -2.23. The Balaban J connectivity index is 1.81. The molecule has 0 spiro atoms. The first-order valence-corrected chi connectivity index (χ1v) is 5.96. The van der Waals surface area contributed by atoms with E-state index < -0.39 is 12.3 Å². The topological polar surface area (TPSA) is 32.3 Å². The van der Waals surface area contributed by atoms with Crippen LogP contribution in [0.1, 0.15) is 19.3 Å². The first-order valence-electron chi connectivity index (χ1n) is 5.96. The highest BCUT2D eigenvalue weighted by Crippen LogP contribution is 2.25. The van der Waals surface area contributed by atoms with Crippen molar-refractivity contribution in [2.45, 2.75) is 25.7 Å². The zero-order chi connectivity index (χ0) is 11.5. The van der Waals surface area contributed by atoms with Crippen LogP contribution in [0.3, 0.4) is 0 Å². The summed E-state index contributed by atoms with van der Waals surface area (Å²) in [7, 11) is 0. The van der Waals surface area contributed by atoms with E-state index >= 15 is 0 Å². The van der Waals surface area contributed by atoms with Gasteiger partial charge in [0.2, 0.25) is 12.3 Å². The molecule has 0 radical (unpaired) electrons. The minimum absolute atomic E-state index is 0.0723. The van der Waals surface area contributed by atoms with Crippen molar-refractivity contribution in [2.75, 3.05) is 26.2 Å². The first kappa shape index (κ1) is 11.8. The van der Waals surface area contributed by atoms with E-state index in [2.05, 4.69) is 5.32 Å². The summed E-state index contributed by atoms with van der Waals surface area (Å²) >= 11 is 0.